The summed E-state index contributed by atoms with van der Waals surface area (Å²) in [7, 11) is 1.63. The van der Waals surface area contributed by atoms with Gasteiger partial charge in [-0.15, -0.1) is 0 Å². The number of halogens is 2. The highest BCUT2D eigenvalue weighted by molar-refractivity contribution is 6.00. The summed E-state index contributed by atoms with van der Waals surface area (Å²) in [6.07, 6.45) is 3.11. The molecule has 1 fully saturated rings. The van der Waals surface area contributed by atoms with Crippen molar-refractivity contribution in [1.29, 1.82) is 0 Å². The second-order valence-electron chi connectivity index (χ2n) is 7.21. The molecule has 1 aromatic carbocycles. The number of pyridine rings is 1. The molecule has 0 atom stereocenters. The molecule has 2 N–H and O–H groups in total. The maximum absolute atomic E-state index is 14.3. The van der Waals surface area contributed by atoms with E-state index in [2.05, 4.69) is 10.1 Å². The van der Waals surface area contributed by atoms with E-state index in [1.54, 1.807) is 30.3 Å². The molecule has 0 unspecified atom stereocenters. The standard InChI is InChI=1S/C21H20F2N6O2/c1-27-12-16(18(26-27)14-5-4-13(22)11-17(14)23)21(31)29-9-7-28(8-10-29)20-15(19(24)30)3-2-6-25-20/h2-6,11-12H,7-10H2,1H3,(H2,24,30). The first kappa shape index (κ1) is 20.5. The normalized spacial score (nSPS) is 14.0. The third-order valence-electron chi connectivity index (χ3n) is 5.16. The number of primary amides is 1. The first-order chi connectivity index (χ1) is 14.8. The van der Waals surface area contributed by atoms with Crippen LogP contribution >= 0.6 is 0 Å². The van der Waals surface area contributed by atoms with Gasteiger partial charge >= 0.3 is 0 Å². The number of piperazine rings is 1. The van der Waals surface area contributed by atoms with Crippen LogP contribution in [-0.2, 0) is 7.05 Å². The second kappa shape index (κ2) is 8.13. The van der Waals surface area contributed by atoms with Crippen LogP contribution < -0.4 is 10.6 Å². The third-order valence-corrected chi connectivity index (χ3v) is 5.16. The van der Waals surface area contributed by atoms with Crippen LogP contribution in [0.15, 0.2) is 42.7 Å². The van der Waals surface area contributed by atoms with Gasteiger partial charge < -0.3 is 15.5 Å². The van der Waals surface area contributed by atoms with Gasteiger partial charge in [0.05, 0.1) is 11.1 Å². The molecule has 0 aliphatic carbocycles. The summed E-state index contributed by atoms with van der Waals surface area (Å²) in [6, 6.07) is 6.42. The first-order valence-corrected chi connectivity index (χ1v) is 9.63. The van der Waals surface area contributed by atoms with Crippen LogP contribution in [0.2, 0.25) is 0 Å². The fraction of sp³-hybridized carbons (Fsp3) is 0.238. The third kappa shape index (κ3) is 3.96. The molecule has 160 valence electrons. The second-order valence-corrected chi connectivity index (χ2v) is 7.21. The fourth-order valence-corrected chi connectivity index (χ4v) is 3.66. The maximum atomic E-state index is 14.3. The largest absolute Gasteiger partial charge is 0.365 e. The lowest BCUT2D eigenvalue weighted by Crippen LogP contribution is -2.49. The van der Waals surface area contributed by atoms with Crippen LogP contribution in [0, 0.1) is 11.6 Å². The molecule has 0 bridgehead atoms. The number of aromatic nitrogens is 3. The van der Waals surface area contributed by atoms with Crippen molar-refractivity contribution in [3.63, 3.8) is 0 Å². The molecule has 1 aliphatic rings. The number of benzene rings is 1. The summed E-state index contributed by atoms with van der Waals surface area (Å²) in [5.74, 6) is -1.87. The summed E-state index contributed by atoms with van der Waals surface area (Å²) < 4.78 is 29.0. The number of aryl methyl sites for hydroxylation is 1. The van der Waals surface area contributed by atoms with E-state index < -0.39 is 17.5 Å². The van der Waals surface area contributed by atoms with Crippen molar-refractivity contribution in [2.45, 2.75) is 0 Å². The van der Waals surface area contributed by atoms with Crippen LogP contribution in [0.4, 0.5) is 14.6 Å². The van der Waals surface area contributed by atoms with Crippen molar-refractivity contribution in [3.05, 3.63) is 65.5 Å². The summed E-state index contributed by atoms with van der Waals surface area (Å²) in [6.45, 7) is 1.63. The topological polar surface area (TPSA) is 97.4 Å². The van der Waals surface area contributed by atoms with Crippen molar-refractivity contribution in [3.8, 4) is 11.3 Å². The van der Waals surface area contributed by atoms with Crippen LogP contribution in [0.1, 0.15) is 20.7 Å². The molecular weight excluding hydrogens is 406 g/mol. The molecule has 0 spiro atoms. The SMILES string of the molecule is Cn1cc(C(=O)N2CCN(c3ncccc3C(N)=O)CC2)c(-c2ccc(F)cc2F)n1. The van der Waals surface area contributed by atoms with Crippen LogP contribution in [0.5, 0.6) is 0 Å². The Balaban J connectivity index is 1.55. The smallest absolute Gasteiger partial charge is 0.257 e. The van der Waals surface area contributed by atoms with E-state index in [-0.39, 0.29) is 22.7 Å². The van der Waals surface area contributed by atoms with Crippen molar-refractivity contribution in [1.82, 2.24) is 19.7 Å². The lowest BCUT2D eigenvalue weighted by atomic mass is 10.1. The maximum Gasteiger partial charge on any atom is 0.257 e. The van der Waals surface area contributed by atoms with E-state index in [1.165, 1.54) is 16.9 Å². The molecule has 1 saturated heterocycles. The van der Waals surface area contributed by atoms with Gasteiger partial charge in [0.15, 0.2) is 0 Å². The highest BCUT2D eigenvalue weighted by atomic mass is 19.1. The minimum Gasteiger partial charge on any atom is -0.365 e. The number of carbonyl (C=O) groups is 2. The highest BCUT2D eigenvalue weighted by Gasteiger charge is 2.28. The minimum absolute atomic E-state index is 0.0589. The number of hydrogen-bond donors (Lipinski definition) is 1. The summed E-state index contributed by atoms with van der Waals surface area (Å²) in [5.41, 5.74) is 6.21. The number of nitrogens with two attached hydrogens (primary N) is 1. The molecule has 1 aliphatic heterocycles. The minimum atomic E-state index is -0.785. The molecule has 0 saturated carbocycles. The molecule has 4 rings (SSSR count). The molecule has 3 heterocycles. The average Bonchev–Trinajstić information content (AvgIpc) is 3.14. The van der Waals surface area contributed by atoms with E-state index in [9.17, 15) is 18.4 Å². The average molecular weight is 426 g/mol. The Morgan fingerprint density at radius 1 is 1.06 bits per heavy atom. The molecule has 2 amide bonds. The number of anilines is 1. The van der Waals surface area contributed by atoms with Crippen molar-refractivity contribution < 1.29 is 18.4 Å². The Kier molecular flexibility index (Phi) is 5.37. The Morgan fingerprint density at radius 2 is 1.81 bits per heavy atom. The number of amides is 2. The molecule has 0 radical (unpaired) electrons. The molecule has 8 nitrogen and oxygen atoms in total. The van der Waals surface area contributed by atoms with E-state index in [1.807, 2.05) is 4.90 Å². The Bertz CT molecular complexity index is 1150. The van der Waals surface area contributed by atoms with Gasteiger partial charge in [-0.3, -0.25) is 14.3 Å². The molecular formula is C21H20F2N6O2. The van der Waals surface area contributed by atoms with Gasteiger partial charge in [-0.25, -0.2) is 13.8 Å². The Hall–Kier alpha value is -3.82. The van der Waals surface area contributed by atoms with Gasteiger partial charge in [0.25, 0.3) is 11.8 Å². The van der Waals surface area contributed by atoms with Crippen molar-refractivity contribution in [2.24, 2.45) is 12.8 Å². The summed E-state index contributed by atoms with van der Waals surface area (Å²) in [4.78, 5) is 32.6. The van der Waals surface area contributed by atoms with E-state index >= 15 is 0 Å². The molecule has 10 heteroatoms. The lowest BCUT2D eigenvalue weighted by Gasteiger charge is -2.35. The van der Waals surface area contributed by atoms with Crippen molar-refractivity contribution >= 4 is 17.6 Å². The van der Waals surface area contributed by atoms with Gasteiger partial charge in [0.1, 0.15) is 23.1 Å². The first-order valence-electron chi connectivity index (χ1n) is 9.63. The summed E-state index contributed by atoms with van der Waals surface area (Å²) >= 11 is 0. The van der Waals surface area contributed by atoms with E-state index in [0.717, 1.165) is 12.1 Å². The fourth-order valence-electron chi connectivity index (χ4n) is 3.66. The number of carbonyl (C=O) groups excluding carboxylic acids is 2. The quantitative estimate of drug-likeness (QED) is 0.687. The summed E-state index contributed by atoms with van der Waals surface area (Å²) in [5, 5.41) is 4.22. The number of nitrogens with zero attached hydrogens (tertiary/aromatic N) is 5. The van der Waals surface area contributed by atoms with Gasteiger partial charge in [0.2, 0.25) is 0 Å². The lowest BCUT2D eigenvalue weighted by molar-refractivity contribution is 0.0746. The van der Waals surface area contributed by atoms with Crippen molar-refractivity contribution in [2.75, 3.05) is 31.1 Å². The van der Waals surface area contributed by atoms with E-state index in [0.29, 0.717) is 37.6 Å². The zero-order chi connectivity index (χ0) is 22.1. The van der Waals surface area contributed by atoms with Gasteiger partial charge in [-0.2, -0.15) is 5.10 Å². The molecule has 3 aromatic rings. The van der Waals surface area contributed by atoms with Crippen LogP contribution in [0.25, 0.3) is 11.3 Å². The predicted octanol–water partition coefficient (Wildman–Crippen LogP) is 1.82. The van der Waals surface area contributed by atoms with E-state index in [4.69, 9.17) is 5.73 Å². The monoisotopic (exact) mass is 426 g/mol. The van der Waals surface area contributed by atoms with Gasteiger partial charge in [0, 0.05) is 57.3 Å². The molecule has 31 heavy (non-hydrogen) atoms. The van der Waals surface area contributed by atoms with Gasteiger partial charge in [-0.1, -0.05) is 0 Å². The van der Waals surface area contributed by atoms with Crippen LogP contribution in [-0.4, -0.2) is 57.7 Å². The van der Waals surface area contributed by atoms with Crippen LogP contribution in [0.3, 0.4) is 0 Å². The Labute approximate surface area is 176 Å². The number of rotatable bonds is 4. The zero-order valence-corrected chi connectivity index (χ0v) is 16.8. The zero-order valence-electron chi connectivity index (χ0n) is 16.8. The number of hydrogen-bond acceptors (Lipinski definition) is 5. The Morgan fingerprint density at radius 3 is 2.48 bits per heavy atom. The highest BCUT2D eigenvalue weighted by Crippen LogP contribution is 2.27. The van der Waals surface area contributed by atoms with Gasteiger partial charge in [-0.05, 0) is 24.3 Å². The predicted molar refractivity (Wildman–Crippen MR) is 109 cm³/mol. The molecule has 2 aromatic heterocycles.